The highest BCUT2D eigenvalue weighted by atomic mass is 16.8. The van der Waals surface area contributed by atoms with Crippen LogP contribution in [0.4, 0.5) is 0 Å². The van der Waals surface area contributed by atoms with E-state index in [9.17, 15) is 19.8 Å². The van der Waals surface area contributed by atoms with Crippen molar-refractivity contribution in [2.45, 2.75) is 126 Å². The highest BCUT2D eigenvalue weighted by Gasteiger charge is 2.71. The van der Waals surface area contributed by atoms with Crippen LogP contribution in [0.2, 0.25) is 0 Å². The summed E-state index contributed by atoms with van der Waals surface area (Å²) in [5.41, 5.74) is -1.43. The van der Waals surface area contributed by atoms with E-state index in [2.05, 4.69) is 6.92 Å². The van der Waals surface area contributed by atoms with Crippen LogP contribution in [0.25, 0.3) is 6.08 Å². The van der Waals surface area contributed by atoms with Crippen LogP contribution in [-0.4, -0.2) is 77.3 Å². The van der Waals surface area contributed by atoms with Gasteiger partial charge in [-0.25, -0.2) is 4.79 Å². The average Bonchev–Trinajstić information content (AvgIpc) is 3.75. The first-order chi connectivity index (χ1) is 22.6. The summed E-state index contributed by atoms with van der Waals surface area (Å²) in [5.74, 6) is -0.412. The second kappa shape index (κ2) is 11.6. The van der Waals surface area contributed by atoms with Gasteiger partial charge in [-0.1, -0.05) is 43.3 Å². The molecule has 0 aromatic heterocycles. The molecule has 2 N–H and O–H groups in total. The smallest absolute Gasteiger partial charge is 0.331 e. The molecule has 6 fully saturated rings. The van der Waals surface area contributed by atoms with Gasteiger partial charge < -0.3 is 38.7 Å². The first-order valence-electron chi connectivity index (χ1n) is 17.7. The number of hydrogen-bond acceptors (Lipinski definition) is 9. The molecule has 3 heterocycles. The Hall–Kier alpha value is -2.40. The van der Waals surface area contributed by atoms with Crippen molar-refractivity contribution in [2.75, 3.05) is 6.61 Å². The van der Waals surface area contributed by atoms with Gasteiger partial charge >= 0.3 is 5.97 Å². The second-order valence-electron chi connectivity index (χ2n) is 15.7. The Morgan fingerprint density at radius 1 is 0.957 bits per heavy atom. The van der Waals surface area contributed by atoms with Crippen LogP contribution in [0.1, 0.15) is 83.6 Å². The highest BCUT2D eigenvalue weighted by Crippen LogP contribution is 2.70. The summed E-state index contributed by atoms with van der Waals surface area (Å²) in [5, 5.41) is 24.9. The molecular formula is C38H48O9. The molecule has 1 aromatic carbocycles. The van der Waals surface area contributed by atoms with Gasteiger partial charge in [-0.3, -0.25) is 0 Å². The number of aliphatic hydroxyl groups is 2. The second-order valence-corrected chi connectivity index (χ2v) is 15.7. The normalized spacial score (nSPS) is 49.1. The molecule has 0 bridgehead atoms. The first kappa shape index (κ1) is 31.8. The lowest BCUT2D eigenvalue weighted by Gasteiger charge is -2.65. The monoisotopic (exact) mass is 648 g/mol. The molecule has 7 aliphatic rings. The van der Waals surface area contributed by atoms with Crippen molar-refractivity contribution in [3.8, 4) is 0 Å². The molecule has 13 atom stereocenters. The maximum Gasteiger partial charge on any atom is 0.331 e. The fraction of sp³-hybridized carbons (Fsp3) is 0.684. The Balaban J connectivity index is 0.937. The quantitative estimate of drug-likeness (QED) is 0.253. The molecule has 47 heavy (non-hydrogen) atoms. The number of hydrogen-bond donors (Lipinski definition) is 2. The minimum absolute atomic E-state index is 0.0823. The predicted octanol–water partition coefficient (Wildman–Crippen LogP) is 4.88. The van der Waals surface area contributed by atoms with Crippen molar-refractivity contribution < 1.29 is 43.5 Å². The zero-order valence-corrected chi connectivity index (χ0v) is 27.4. The number of aldehydes is 1. The lowest BCUT2D eigenvalue weighted by molar-refractivity contribution is -0.278. The summed E-state index contributed by atoms with van der Waals surface area (Å²) in [6.45, 7) is 4.45. The van der Waals surface area contributed by atoms with Crippen molar-refractivity contribution in [1.82, 2.24) is 0 Å². The van der Waals surface area contributed by atoms with Gasteiger partial charge in [-0.05, 0) is 93.3 Å². The number of cyclic esters (lactones) is 1. The molecule has 4 aliphatic carbocycles. The summed E-state index contributed by atoms with van der Waals surface area (Å²) in [6, 6.07) is 10.0. The molecule has 9 heteroatoms. The van der Waals surface area contributed by atoms with Crippen LogP contribution in [-0.2, 0) is 33.3 Å². The van der Waals surface area contributed by atoms with Crippen molar-refractivity contribution in [1.29, 1.82) is 0 Å². The molecule has 0 radical (unpaired) electrons. The number of esters is 1. The maximum absolute atomic E-state index is 13.2. The van der Waals surface area contributed by atoms with E-state index < -0.39 is 34.6 Å². The van der Waals surface area contributed by atoms with Crippen LogP contribution in [0.3, 0.4) is 0 Å². The summed E-state index contributed by atoms with van der Waals surface area (Å²) in [7, 11) is 0. The van der Waals surface area contributed by atoms with Gasteiger partial charge in [0.25, 0.3) is 0 Å². The predicted molar refractivity (Wildman–Crippen MR) is 170 cm³/mol. The zero-order chi connectivity index (χ0) is 32.6. The molecule has 254 valence electrons. The number of benzene rings is 1. The van der Waals surface area contributed by atoms with Crippen molar-refractivity contribution in [2.24, 2.45) is 28.6 Å². The van der Waals surface area contributed by atoms with Gasteiger partial charge in [-0.2, -0.15) is 0 Å². The molecule has 3 aliphatic heterocycles. The van der Waals surface area contributed by atoms with Gasteiger partial charge in [0.05, 0.1) is 34.9 Å². The molecule has 8 rings (SSSR count). The lowest BCUT2D eigenvalue weighted by Crippen LogP contribution is -2.69. The number of carbonyl (C=O) groups excluding carboxylic acids is 2. The van der Waals surface area contributed by atoms with Crippen LogP contribution in [0.5, 0.6) is 0 Å². The third-order valence-corrected chi connectivity index (χ3v) is 13.6. The zero-order valence-electron chi connectivity index (χ0n) is 27.4. The lowest BCUT2D eigenvalue weighted by atomic mass is 9.41. The van der Waals surface area contributed by atoms with Gasteiger partial charge in [0.2, 0.25) is 0 Å². The van der Waals surface area contributed by atoms with Crippen molar-refractivity contribution in [3.63, 3.8) is 0 Å². The number of ether oxygens (including phenoxy) is 5. The van der Waals surface area contributed by atoms with E-state index in [0.717, 1.165) is 36.7 Å². The van der Waals surface area contributed by atoms with Gasteiger partial charge in [0.1, 0.15) is 19.0 Å². The average molecular weight is 649 g/mol. The molecule has 0 spiro atoms. The van der Waals surface area contributed by atoms with Gasteiger partial charge in [0.15, 0.2) is 12.6 Å². The third kappa shape index (κ3) is 4.94. The Morgan fingerprint density at radius 2 is 1.77 bits per heavy atom. The van der Waals surface area contributed by atoms with E-state index in [4.69, 9.17) is 23.7 Å². The minimum Gasteiger partial charge on any atom is -0.458 e. The number of rotatable bonds is 6. The Kier molecular flexibility index (Phi) is 7.86. The van der Waals surface area contributed by atoms with Crippen LogP contribution in [0, 0.1) is 28.6 Å². The first-order valence-corrected chi connectivity index (χ1v) is 17.7. The Labute approximate surface area is 276 Å². The number of carbonyl (C=O) groups is 2. The van der Waals surface area contributed by atoms with E-state index in [1.165, 1.54) is 0 Å². The Morgan fingerprint density at radius 3 is 2.53 bits per heavy atom. The minimum atomic E-state index is -1.21. The highest BCUT2D eigenvalue weighted by molar-refractivity contribution is 5.85. The summed E-state index contributed by atoms with van der Waals surface area (Å²) in [6.07, 6.45) is 10.9. The standard InChI is InChI=1S/C38H48O9/c1-23-34-30(46-32(47-34)9-8-24-6-4-3-5-7-24)19-33(44-23)45-26-10-15-36(22-39)28-11-14-35(2)27(25-18-31(40)43-21-25)13-17-38(35,42)29(28)12-16-37(36,41)20-26/h3-9,18,22-23,26-30,32-34,41-42H,10-17,19-21H2,1-2H3/b9-8+/t23-,26+,27-,28+,29-,30+,32?,33+,34-,35-,36+,37+,38+/m1/s1. The van der Waals surface area contributed by atoms with Crippen molar-refractivity contribution >= 4 is 18.3 Å². The fourth-order valence-electron chi connectivity index (χ4n) is 11.3. The summed E-state index contributed by atoms with van der Waals surface area (Å²) < 4.78 is 30.5. The van der Waals surface area contributed by atoms with Crippen LogP contribution in [0.15, 0.2) is 48.1 Å². The summed E-state index contributed by atoms with van der Waals surface area (Å²) in [4.78, 5) is 25.1. The van der Waals surface area contributed by atoms with Crippen LogP contribution >= 0.6 is 0 Å². The van der Waals surface area contributed by atoms with E-state index in [1.807, 2.05) is 49.4 Å². The third-order valence-electron chi connectivity index (χ3n) is 13.6. The van der Waals surface area contributed by atoms with Gasteiger partial charge in [0, 0.05) is 24.3 Å². The Bertz CT molecular complexity index is 1440. The molecule has 4 saturated carbocycles. The largest absolute Gasteiger partial charge is 0.458 e. The van der Waals surface area contributed by atoms with E-state index in [1.54, 1.807) is 6.08 Å². The molecule has 1 unspecified atom stereocenters. The molecule has 9 nitrogen and oxygen atoms in total. The fourth-order valence-corrected chi connectivity index (χ4v) is 11.3. The van der Waals surface area contributed by atoms with E-state index >= 15 is 0 Å². The van der Waals surface area contributed by atoms with Crippen LogP contribution < -0.4 is 0 Å². The van der Waals surface area contributed by atoms with Gasteiger partial charge in [-0.15, -0.1) is 0 Å². The van der Waals surface area contributed by atoms with E-state index in [-0.39, 0.29) is 48.1 Å². The van der Waals surface area contributed by atoms with E-state index in [0.29, 0.717) is 51.6 Å². The molecular weight excluding hydrogens is 600 g/mol. The summed E-state index contributed by atoms with van der Waals surface area (Å²) >= 11 is 0. The number of fused-ring (bicyclic) bond motifs is 6. The molecule has 0 amide bonds. The molecule has 1 aromatic rings. The SMILES string of the molecule is C[C@H]1O[C@@H](O[C@H]2CC[C@]3(C=O)[C@H]4CC[C@]5(C)[C@@H](C6=CC(=O)OC6)CC[C@]5(O)[C@@H]4CC[C@]3(O)C2)C[C@@H]2OC(/C=C/c3ccccc3)O[C@@H]21. The van der Waals surface area contributed by atoms with Crippen molar-refractivity contribution in [3.05, 3.63) is 53.6 Å². The topological polar surface area (TPSA) is 121 Å². The maximum atomic E-state index is 13.2. The molecule has 2 saturated heterocycles.